The van der Waals surface area contributed by atoms with Gasteiger partial charge in [0.2, 0.25) is 10.0 Å². The normalized spacial score (nSPS) is 15.1. The minimum atomic E-state index is -3.19. The molecule has 0 bridgehead atoms. The number of aromatic nitrogens is 2. The molecule has 1 aliphatic rings. The molecule has 2 heterocycles. The van der Waals surface area contributed by atoms with Crippen LogP contribution in [0.2, 0.25) is 0 Å². The summed E-state index contributed by atoms with van der Waals surface area (Å²) in [4.78, 5) is 0. The molecule has 1 aromatic carbocycles. The van der Waals surface area contributed by atoms with Gasteiger partial charge in [-0.1, -0.05) is 25.5 Å². The van der Waals surface area contributed by atoms with Crippen LogP contribution in [0.4, 0.5) is 0 Å². The second-order valence-electron chi connectivity index (χ2n) is 6.41. The molecule has 0 saturated carbocycles. The maximum atomic E-state index is 12.5. The Bertz CT molecular complexity index is 813. The molecule has 0 unspecified atom stereocenters. The van der Waals surface area contributed by atoms with Gasteiger partial charge >= 0.3 is 0 Å². The van der Waals surface area contributed by atoms with Gasteiger partial charge in [0.25, 0.3) is 0 Å². The molecule has 0 atom stereocenters. The number of benzene rings is 1. The summed E-state index contributed by atoms with van der Waals surface area (Å²) in [6.07, 6.45) is 2.96. The van der Waals surface area contributed by atoms with Gasteiger partial charge in [0.15, 0.2) is 0 Å². The molecular formula is C18H25N3O3S. The van der Waals surface area contributed by atoms with Crippen LogP contribution in [0, 0.1) is 0 Å². The average Bonchev–Trinajstić information content (AvgIpc) is 3.03. The predicted octanol–water partition coefficient (Wildman–Crippen LogP) is 2.50. The van der Waals surface area contributed by atoms with Crippen LogP contribution in [0.3, 0.4) is 0 Å². The molecule has 7 heteroatoms. The van der Waals surface area contributed by atoms with Crippen LogP contribution in [0.1, 0.15) is 42.3 Å². The topological polar surface area (TPSA) is 75.3 Å². The third-order valence-corrected chi connectivity index (χ3v) is 6.57. The number of unbranched alkanes of at least 4 members (excludes halogenated alkanes) is 1. The van der Waals surface area contributed by atoms with Crippen molar-refractivity contribution in [3.63, 3.8) is 0 Å². The standard InChI is InChI=1S/C18H25N3O3S/c1-3-4-11-25(22,23)21-10-9-17-16(13-21)18(20-19-17)12-14-5-7-15(24-2)8-6-14/h5-8H,3-4,9-13H2,1-2H3,(H,19,20). The predicted molar refractivity (Wildman–Crippen MR) is 97.2 cm³/mol. The van der Waals surface area contributed by atoms with Crippen molar-refractivity contribution in [3.05, 3.63) is 46.8 Å². The van der Waals surface area contributed by atoms with E-state index >= 15 is 0 Å². The Morgan fingerprint density at radius 2 is 2.04 bits per heavy atom. The highest BCUT2D eigenvalue weighted by Gasteiger charge is 2.29. The van der Waals surface area contributed by atoms with Crippen molar-refractivity contribution in [1.29, 1.82) is 0 Å². The molecular weight excluding hydrogens is 338 g/mol. The number of rotatable bonds is 7. The number of H-pyrrole nitrogens is 1. The fourth-order valence-corrected chi connectivity index (χ4v) is 4.71. The zero-order valence-corrected chi connectivity index (χ0v) is 15.6. The molecule has 0 spiro atoms. The van der Waals surface area contributed by atoms with Crippen LogP contribution in [-0.2, 0) is 29.4 Å². The summed E-state index contributed by atoms with van der Waals surface area (Å²) in [5, 5.41) is 7.52. The van der Waals surface area contributed by atoms with Gasteiger partial charge in [-0.2, -0.15) is 9.40 Å². The third-order valence-electron chi connectivity index (χ3n) is 4.66. The second kappa shape index (κ2) is 7.58. The fraction of sp³-hybridized carbons (Fsp3) is 0.500. The molecule has 0 fully saturated rings. The zero-order valence-electron chi connectivity index (χ0n) is 14.8. The first-order valence-corrected chi connectivity index (χ1v) is 10.3. The lowest BCUT2D eigenvalue weighted by Crippen LogP contribution is -2.37. The van der Waals surface area contributed by atoms with Gasteiger partial charge in [0, 0.05) is 37.2 Å². The van der Waals surface area contributed by atoms with Crippen LogP contribution in [0.15, 0.2) is 24.3 Å². The lowest BCUT2D eigenvalue weighted by Gasteiger charge is -2.26. The van der Waals surface area contributed by atoms with Crippen molar-refractivity contribution >= 4 is 10.0 Å². The van der Waals surface area contributed by atoms with Crippen LogP contribution in [0.5, 0.6) is 5.75 Å². The SMILES string of the molecule is CCCCS(=O)(=O)N1CCc2[nH]nc(Cc3ccc(OC)cc3)c2C1. The summed E-state index contributed by atoms with van der Waals surface area (Å²) in [6.45, 7) is 2.96. The van der Waals surface area contributed by atoms with Crippen LogP contribution < -0.4 is 4.74 Å². The molecule has 0 saturated heterocycles. The van der Waals surface area contributed by atoms with Crippen molar-refractivity contribution < 1.29 is 13.2 Å². The summed E-state index contributed by atoms with van der Waals surface area (Å²) in [6, 6.07) is 7.88. The lowest BCUT2D eigenvalue weighted by atomic mass is 10.0. The molecule has 136 valence electrons. The highest BCUT2D eigenvalue weighted by Crippen LogP contribution is 2.25. The van der Waals surface area contributed by atoms with Gasteiger partial charge in [-0.15, -0.1) is 0 Å². The lowest BCUT2D eigenvalue weighted by molar-refractivity contribution is 0.388. The van der Waals surface area contributed by atoms with E-state index in [1.807, 2.05) is 31.2 Å². The van der Waals surface area contributed by atoms with E-state index < -0.39 is 10.0 Å². The number of hydrogen-bond acceptors (Lipinski definition) is 4. The highest BCUT2D eigenvalue weighted by atomic mass is 32.2. The molecule has 1 aliphatic heterocycles. The summed E-state index contributed by atoms with van der Waals surface area (Å²) in [5.74, 6) is 1.05. The van der Waals surface area contributed by atoms with Crippen molar-refractivity contribution in [2.75, 3.05) is 19.4 Å². The van der Waals surface area contributed by atoms with Gasteiger partial charge in [-0.05, 0) is 24.1 Å². The number of methoxy groups -OCH3 is 1. The minimum Gasteiger partial charge on any atom is -0.497 e. The average molecular weight is 363 g/mol. The molecule has 2 aromatic rings. The smallest absolute Gasteiger partial charge is 0.214 e. The first-order chi connectivity index (χ1) is 12.0. The molecule has 0 radical (unpaired) electrons. The number of fused-ring (bicyclic) bond motifs is 1. The third kappa shape index (κ3) is 4.04. The second-order valence-corrected chi connectivity index (χ2v) is 8.49. The number of aromatic amines is 1. The minimum absolute atomic E-state index is 0.227. The molecule has 0 aliphatic carbocycles. The molecule has 25 heavy (non-hydrogen) atoms. The maximum absolute atomic E-state index is 12.5. The van der Waals surface area contributed by atoms with E-state index in [1.54, 1.807) is 11.4 Å². The summed E-state index contributed by atoms with van der Waals surface area (Å²) in [7, 11) is -1.54. The zero-order chi connectivity index (χ0) is 17.9. The van der Waals surface area contributed by atoms with Gasteiger partial charge in [0.05, 0.1) is 18.6 Å². The molecule has 6 nitrogen and oxygen atoms in total. The number of hydrogen-bond donors (Lipinski definition) is 1. The quantitative estimate of drug-likeness (QED) is 0.820. The van der Waals surface area contributed by atoms with Crippen molar-refractivity contribution in [2.45, 2.75) is 39.2 Å². The Hall–Kier alpha value is -1.86. The Morgan fingerprint density at radius 3 is 2.72 bits per heavy atom. The Morgan fingerprint density at radius 1 is 1.28 bits per heavy atom. The van der Waals surface area contributed by atoms with Gasteiger partial charge in [0.1, 0.15) is 5.75 Å². The van der Waals surface area contributed by atoms with E-state index in [0.717, 1.165) is 34.7 Å². The van der Waals surface area contributed by atoms with Gasteiger partial charge < -0.3 is 4.74 Å². The largest absolute Gasteiger partial charge is 0.497 e. The van der Waals surface area contributed by atoms with E-state index in [4.69, 9.17) is 4.74 Å². The van der Waals surface area contributed by atoms with E-state index in [1.165, 1.54) is 0 Å². The first-order valence-electron chi connectivity index (χ1n) is 8.69. The summed E-state index contributed by atoms with van der Waals surface area (Å²) in [5.41, 5.74) is 4.14. The number of nitrogens with one attached hydrogen (secondary N) is 1. The maximum Gasteiger partial charge on any atom is 0.214 e. The number of ether oxygens (including phenoxy) is 1. The fourth-order valence-electron chi connectivity index (χ4n) is 3.11. The molecule has 1 aromatic heterocycles. The molecule has 3 rings (SSSR count). The van der Waals surface area contributed by atoms with Crippen molar-refractivity contribution in [2.24, 2.45) is 0 Å². The Balaban J connectivity index is 1.76. The van der Waals surface area contributed by atoms with E-state index in [-0.39, 0.29) is 5.75 Å². The van der Waals surface area contributed by atoms with Crippen LogP contribution in [-0.4, -0.2) is 42.3 Å². The highest BCUT2D eigenvalue weighted by molar-refractivity contribution is 7.89. The van der Waals surface area contributed by atoms with Crippen molar-refractivity contribution in [3.8, 4) is 5.75 Å². The molecule has 1 N–H and O–H groups in total. The van der Waals surface area contributed by atoms with Crippen LogP contribution >= 0.6 is 0 Å². The van der Waals surface area contributed by atoms with Gasteiger partial charge in [-0.3, -0.25) is 5.10 Å². The summed E-state index contributed by atoms with van der Waals surface area (Å²) < 4.78 is 31.8. The Kier molecular flexibility index (Phi) is 5.44. The van der Waals surface area contributed by atoms with Crippen LogP contribution in [0.25, 0.3) is 0 Å². The monoisotopic (exact) mass is 363 g/mol. The van der Waals surface area contributed by atoms with E-state index in [2.05, 4.69) is 10.2 Å². The Labute approximate surface area is 149 Å². The van der Waals surface area contributed by atoms with Gasteiger partial charge in [-0.25, -0.2) is 8.42 Å². The van der Waals surface area contributed by atoms with Crippen molar-refractivity contribution in [1.82, 2.24) is 14.5 Å². The number of nitrogens with zero attached hydrogens (tertiary/aromatic N) is 2. The van der Waals surface area contributed by atoms with E-state index in [9.17, 15) is 8.42 Å². The molecule has 0 amide bonds. The number of sulfonamides is 1. The van der Waals surface area contributed by atoms with E-state index in [0.29, 0.717) is 32.4 Å². The first kappa shape index (κ1) is 17.9. The summed E-state index contributed by atoms with van der Waals surface area (Å²) >= 11 is 0.